The fourth-order valence-electron chi connectivity index (χ4n) is 6.05. The third-order valence-electron chi connectivity index (χ3n) is 9.34. The summed E-state index contributed by atoms with van der Waals surface area (Å²) in [7, 11) is -16.5. The molecule has 0 bridgehead atoms. The van der Waals surface area contributed by atoms with Crippen LogP contribution in [-0.2, 0) is 57.1 Å². The molecule has 11 N–H and O–H groups in total. The van der Waals surface area contributed by atoms with Crippen LogP contribution >= 0.6 is 58.4 Å². The average molecular weight is 1050 g/mol. The summed E-state index contributed by atoms with van der Waals surface area (Å²) in [4.78, 5) is 89.0. The maximum Gasteiger partial charge on any atom is 0.481 e. The number of nitrogens with one attached hydrogen (secondary N) is 3. The van der Waals surface area contributed by atoms with E-state index >= 15 is 0 Å². The minimum atomic E-state index is -5.60. The summed E-state index contributed by atoms with van der Waals surface area (Å²) >= 11 is 13.6. The number of thioether (sulfide) groups is 1. The fourth-order valence-corrected chi connectivity index (χ4v) is 10.1. The number of phosphoric acid groups is 3. The Bertz CT molecular complexity index is 2520. The molecule has 2 amide bonds. The van der Waals surface area contributed by atoms with E-state index in [-0.39, 0.29) is 53.8 Å². The van der Waals surface area contributed by atoms with Crippen LogP contribution in [0, 0.1) is 5.41 Å². The summed E-state index contributed by atoms with van der Waals surface area (Å²) in [5.41, 5.74) is 6.07. The number of phosphoric ester groups is 3. The van der Waals surface area contributed by atoms with E-state index in [0.29, 0.717) is 27.0 Å². The lowest BCUT2D eigenvalue weighted by Gasteiger charge is -2.30. The van der Waals surface area contributed by atoms with Crippen molar-refractivity contribution < 1.29 is 80.5 Å². The van der Waals surface area contributed by atoms with E-state index in [1.807, 2.05) is 0 Å². The molecule has 2 aromatic carbocycles. The Morgan fingerprint density at radius 2 is 1.65 bits per heavy atom. The second kappa shape index (κ2) is 22.7. The van der Waals surface area contributed by atoms with Crippen molar-refractivity contribution in [2.45, 2.75) is 57.3 Å². The summed E-state index contributed by atoms with van der Waals surface area (Å²) in [6, 6.07) is 12.2. The van der Waals surface area contributed by atoms with Crippen molar-refractivity contribution >= 4 is 104 Å². The molecule has 31 heteroatoms. The predicted octanol–water partition coefficient (Wildman–Crippen LogP) is 2.96. The number of ether oxygens (including phenoxy) is 1. The molecule has 1 aliphatic heterocycles. The highest BCUT2D eigenvalue weighted by atomic mass is 35.5. The van der Waals surface area contributed by atoms with Gasteiger partial charge in [0.15, 0.2) is 22.8 Å². The Morgan fingerprint density at radius 1 is 0.970 bits per heavy atom. The van der Waals surface area contributed by atoms with E-state index in [0.717, 1.165) is 29.0 Å². The monoisotopic (exact) mass is 1040 g/mol. The van der Waals surface area contributed by atoms with E-state index in [1.165, 1.54) is 13.8 Å². The van der Waals surface area contributed by atoms with Crippen LogP contribution in [0.3, 0.4) is 0 Å². The Morgan fingerprint density at radius 3 is 2.35 bits per heavy atom. The number of aliphatic hydroxyl groups is 2. The minimum absolute atomic E-state index is 0.0229. The summed E-state index contributed by atoms with van der Waals surface area (Å²) in [5, 5.41) is 30.4. The van der Waals surface area contributed by atoms with E-state index in [1.54, 1.807) is 42.5 Å². The average Bonchev–Trinajstić information content (AvgIpc) is 3.79. The summed E-state index contributed by atoms with van der Waals surface area (Å²) in [6.07, 6.45) is -6.98. The number of para-hydroxylation sites is 2. The Kier molecular flexibility index (Phi) is 18.3. The molecule has 2 aromatic heterocycles. The first-order chi connectivity index (χ1) is 30.9. The first-order valence-electron chi connectivity index (χ1n) is 19.2. The number of rotatable bonds is 23. The van der Waals surface area contributed by atoms with Gasteiger partial charge >= 0.3 is 23.5 Å². The molecule has 1 fully saturated rings. The maximum absolute atomic E-state index is 12.8. The molecular weight excluding hydrogens is 1000 g/mol. The SMILES string of the molecule is CC(C)(COP(=O)(O)OP(=O)(O)OCC1OC(n2cnc3c(N)ncnc32)C(O)C1OP(=O)(O)O)C(O)C(=O)NCCC(=O)NCCSC(=O)Cc1ccccc1Nc1c(Cl)cccc1Cl. The van der Waals surface area contributed by atoms with E-state index < -0.39 is 84.6 Å². The molecule has 5 rings (SSSR count). The number of halogens is 2. The van der Waals surface area contributed by atoms with Gasteiger partial charge in [0, 0.05) is 42.8 Å². The van der Waals surface area contributed by atoms with Gasteiger partial charge in [-0.25, -0.2) is 28.6 Å². The van der Waals surface area contributed by atoms with E-state index in [2.05, 4.69) is 39.7 Å². The highest BCUT2D eigenvalue weighted by molar-refractivity contribution is 8.13. The van der Waals surface area contributed by atoms with Gasteiger partial charge in [-0.15, -0.1) is 0 Å². The van der Waals surface area contributed by atoms with Crippen LogP contribution in [0.2, 0.25) is 10.0 Å². The van der Waals surface area contributed by atoms with Gasteiger partial charge in [-0.05, 0) is 23.8 Å². The molecule has 7 unspecified atom stereocenters. The number of hydrogen-bond donors (Lipinski definition) is 10. The largest absolute Gasteiger partial charge is 0.481 e. The van der Waals surface area contributed by atoms with Crippen molar-refractivity contribution in [1.82, 2.24) is 30.2 Å². The number of carbonyl (C=O) groups excluding carboxylic acids is 3. The molecule has 0 saturated carbocycles. The van der Waals surface area contributed by atoms with Gasteiger partial charge in [0.1, 0.15) is 36.3 Å². The smallest absolute Gasteiger partial charge is 0.386 e. The number of carbonyl (C=O) groups is 3. The Hall–Kier alpha value is -3.62. The van der Waals surface area contributed by atoms with Crippen LogP contribution < -0.4 is 21.7 Å². The number of nitrogen functional groups attached to an aromatic ring is 1. The molecule has 66 heavy (non-hydrogen) atoms. The quantitative estimate of drug-likeness (QED) is 0.0377. The van der Waals surface area contributed by atoms with Gasteiger partial charge in [-0.3, -0.25) is 32.5 Å². The second-order valence-electron chi connectivity index (χ2n) is 14.8. The number of fused-ring (bicyclic) bond motifs is 1. The molecule has 3 heterocycles. The van der Waals surface area contributed by atoms with Crippen LogP contribution in [0.1, 0.15) is 32.1 Å². The highest BCUT2D eigenvalue weighted by Crippen LogP contribution is 2.61. The topological polar surface area (TPSA) is 376 Å². The molecule has 7 atom stereocenters. The normalized spacial score (nSPS) is 20.0. The van der Waals surface area contributed by atoms with Crippen molar-refractivity contribution in [3.63, 3.8) is 0 Å². The van der Waals surface area contributed by atoms with Gasteiger partial charge in [-0.1, -0.05) is 73.1 Å². The van der Waals surface area contributed by atoms with Gasteiger partial charge in [-0.2, -0.15) is 4.31 Å². The van der Waals surface area contributed by atoms with Crippen molar-refractivity contribution in [3.05, 3.63) is 70.7 Å². The number of imidazole rings is 1. The zero-order valence-corrected chi connectivity index (χ0v) is 39.6. The van der Waals surface area contributed by atoms with Gasteiger partial charge in [0.2, 0.25) is 11.8 Å². The maximum atomic E-state index is 12.8. The lowest BCUT2D eigenvalue weighted by Crippen LogP contribution is -2.46. The molecule has 25 nitrogen and oxygen atoms in total. The first-order valence-corrected chi connectivity index (χ1v) is 25.5. The molecule has 0 spiro atoms. The van der Waals surface area contributed by atoms with Crippen molar-refractivity contribution in [2.24, 2.45) is 5.41 Å². The molecule has 1 saturated heterocycles. The number of aliphatic hydroxyl groups excluding tert-OH is 2. The first kappa shape index (κ1) is 53.3. The third-order valence-corrected chi connectivity index (χ3v) is 13.9. The number of anilines is 3. The fraction of sp³-hybridized carbons (Fsp3) is 0.429. The molecule has 4 aromatic rings. The van der Waals surface area contributed by atoms with Crippen LogP contribution in [-0.4, -0.2) is 123 Å². The van der Waals surface area contributed by atoms with Crippen molar-refractivity contribution in [2.75, 3.05) is 43.1 Å². The van der Waals surface area contributed by atoms with Crippen LogP contribution in [0.15, 0.2) is 55.1 Å². The zero-order valence-electron chi connectivity index (χ0n) is 34.6. The van der Waals surface area contributed by atoms with Gasteiger partial charge in [0.05, 0.1) is 35.3 Å². The number of nitrogens with zero attached hydrogens (tertiary/aromatic N) is 4. The number of hydrogen-bond acceptors (Lipinski definition) is 19. The summed E-state index contributed by atoms with van der Waals surface area (Å²) in [5.74, 6) is -1.28. The minimum Gasteiger partial charge on any atom is -0.386 e. The van der Waals surface area contributed by atoms with Gasteiger partial charge < -0.3 is 56.2 Å². The lowest BCUT2D eigenvalue weighted by molar-refractivity contribution is -0.137. The van der Waals surface area contributed by atoms with Crippen LogP contribution in [0.5, 0.6) is 0 Å². The molecular formula is C35H45Cl2N8O17P3S. The second-order valence-corrected chi connectivity index (χ2v) is 21.0. The van der Waals surface area contributed by atoms with Crippen LogP contribution in [0.25, 0.3) is 11.2 Å². The van der Waals surface area contributed by atoms with E-state index in [9.17, 15) is 57.9 Å². The molecule has 1 aliphatic rings. The molecule has 0 radical (unpaired) electrons. The standard InChI is InChI=1S/C35H45Cl2N8O17P3S/c1-35(2,30(49)33(50)40-11-10-24(46)39-12-13-66-25(47)14-19-6-3-4-9-22(19)44-26-20(36)7-5-8-21(26)37)16-59-65(56,57)62-64(54,55)58-15-23-29(61-63(51,52)53)28(48)34(60-23)45-18-43-27-31(38)41-17-42-32(27)45/h3-9,17-18,23,28-30,34,44,48-49H,10-16H2,1-2H3,(H,39,46)(H,40,50)(H,54,55)(H,56,57)(H2,38,41,42)(H2,51,52,53). The van der Waals surface area contributed by atoms with Crippen molar-refractivity contribution in [1.29, 1.82) is 0 Å². The predicted molar refractivity (Wildman–Crippen MR) is 237 cm³/mol. The third kappa shape index (κ3) is 14.9. The zero-order chi connectivity index (χ0) is 48.6. The van der Waals surface area contributed by atoms with Crippen molar-refractivity contribution in [3.8, 4) is 0 Å². The number of benzene rings is 2. The molecule has 0 aliphatic carbocycles. The Balaban J connectivity index is 1.02. The van der Waals surface area contributed by atoms with Gasteiger partial charge in [0.25, 0.3) is 0 Å². The lowest BCUT2D eigenvalue weighted by atomic mass is 9.87. The summed E-state index contributed by atoms with van der Waals surface area (Å²) < 4.78 is 62.4. The highest BCUT2D eigenvalue weighted by Gasteiger charge is 2.50. The van der Waals surface area contributed by atoms with E-state index in [4.69, 9.17) is 42.7 Å². The number of nitrogens with two attached hydrogens (primary N) is 1. The molecule has 362 valence electrons. The summed E-state index contributed by atoms with van der Waals surface area (Å²) in [6.45, 7) is 0.321. The number of aromatic nitrogens is 4. The Labute approximate surface area is 389 Å². The van der Waals surface area contributed by atoms with Crippen LogP contribution in [0.4, 0.5) is 17.2 Å². The number of amides is 2.